The molecule has 0 unspecified atom stereocenters. The lowest BCUT2D eigenvalue weighted by Crippen LogP contribution is -2.32. The summed E-state index contributed by atoms with van der Waals surface area (Å²) in [6.45, 7) is 2.64. The molecule has 3 heteroatoms. The number of unbranched alkanes of at least 4 members (excludes halogenated alkanes) is 1. The number of carbonyl (C=O) groups is 1. The average molecular weight is 198 g/mol. The summed E-state index contributed by atoms with van der Waals surface area (Å²) in [5.41, 5.74) is -0.508. The molecule has 0 N–H and O–H groups in total. The first-order chi connectivity index (χ1) is 6.79. The smallest absolute Gasteiger partial charge is 0.341 e. The Hall–Kier alpha value is -0.570. The van der Waals surface area contributed by atoms with Crippen LogP contribution >= 0.6 is 0 Å². The van der Waals surface area contributed by atoms with Gasteiger partial charge in [-0.15, -0.1) is 0 Å². The average Bonchev–Trinajstić information content (AvgIpc) is 2.93. The second-order valence-electron chi connectivity index (χ2n) is 4.23. The zero-order valence-corrected chi connectivity index (χ0v) is 8.75. The van der Waals surface area contributed by atoms with Gasteiger partial charge in [-0.3, -0.25) is 0 Å². The normalized spacial score (nSPS) is 34.8. The molecule has 2 aliphatic rings. The molecule has 0 radical (unpaired) electrons. The minimum atomic E-state index is -0.508. The number of hydrogen-bond donors (Lipinski definition) is 0. The quantitative estimate of drug-likeness (QED) is 0.394. The predicted octanol–water partition coefficient (Wildman–Crippen LogP) is 2.04. The van der Waals surface area contributed by atoms with E-state index in [0.29, 0.717) is 6.61 Å². The summed E-state index contributed by atoms with van der Waals surface area (Å²) in [6, 6.07) is 0. The lowest BCUT2D eigenvalue weighted by atomic mass is 9.89. The van der Waals surface area contributed by atoms with Crippen LogP contribution < -0.4 is 0 Å². The van der Waals surface area contributed by atoms with E-state index >= 15 is 0 Å². The maximum Gasteiger partial charge on any atom is 0.341 e. The molecule has 1 saturated carbocycles. The van der Waals surface area contributed by atoms with Crippen LogP contribution in [0.2, 0.25) is 0 Å². The van der Waals surface area contributed by atoms with Gasteiger partial charge in [-0.05, 0) is 25.7 Å². The molecule has 3 nitrogen and oxygen atoms in total. The van der Waals surface area contributed by atoms with Gasteiger partial charge in [-0.2, -0.15) is 0 Å². The van der Waals surface area contributed by atoms with Crippen molar-refractivity contribution in [1.29, 1.82) is 0 Å². The van der Waals surface area contributed by atoms with E-state index in [9.17, 15) is 4.79 Å². The molecule has 2 fully saturated rings. The third kappa shape index (κ3) is 1.65. The molecule has 2 atom stereocenters. The van der Waals surface area contributed by atoms with Crippen molar-refractivity contribution in [3.63, 3.8) is 0 Å². The van der Waals surface area contributed by atoms with Gasteiger partial charge in [0.1, 0.15) is 0 Å². The standard InChI is InChI=1S/C11H18O3/c1-2-3-8-13-10(12)11-7-5-4-6-9(11)14-11/h9H,2-8H2,1H3/t9-,11-/m1/s1. The topological polar surface area (TPSA) is 38.8 Å². The lowest BCUT2D eigenvalue weighted by molar-refractivity contribution is -0.150. The fourth-order valence-corrected chi connectivity index (χ4v) is 2.16. The highest BCUT2D eigenvalue weighted by molar-refractivity contribution is 5.83. The monoisotopic (exact) mass is 198 g/mol. The van der Waals surface area contributed by atoms with Crippen molar-refractivity contribution in [2.75, 3.05) is 6.61 Å². The minimum absolute atomic E-state index is 0.115. The summed E-state index contributed by atoms with van der Waals surface area (Å²) >= 11 is 0. The number of carbonyl (C=O) groups excluding carboxylic acids is 1. The molecular formula is C11H18O3. The summed E-state index contributed by atoms with van der Waals surface area (Å²) in [5.74, 6) is -0.115. The zero-order chi connectivity index (χ0) is 10.0. The number of fused-ring (bicyclic) bond motifs is 1. The molecule has 1 aliphatic heterocycles. The maximum absolute atomic E-state index is 11.7. The fourth-order valence-electron chi connectivity index (χ4n) is 2.16. The van der Waals surface area contributed by atoms with Gasteiger partial charge in [0.25, 0.3) is 0 Å². The van der Waals surface area contributed by atoms with E-state index in [1.165, 1.54) is 6.42 Å². The van der Waals surface area contributed by atoms with Crippen LogP contribution in [0.1, 0.15) is 45.4 Å². The molecule has 1 heterocycles. The van der Waals surface area contributed by atoms with E-state index in [4.69, 9.17) is 9.47 Å². The number of ether oxygens (including phenoxy) is 2. The summed E-state index contributed by atoms with van der Waals surface area (Å²) < 4.78 is 10.7. The van der Waals surface area contributed by atoms with Gasteiger partial charge in [-0.1, -0.05) is 19.8 Å². The molecule has 0 aromatic heterocycles. The van der Waals surface area contributed by atoms with Gasteiger partial charge in [0.2, 0.25) is 0 Å². The third-order valence-electron chi connectivity index (χ3n) is 3.16. The van der Waals surface area contributed by atoms with Crippen LogP contribution in [0, 0.1) is 0 Å². The highest BCUT2D eigenvalue weighted by Crippen LogP contribution is 2.48. The van der Waals surface area contributed by atoms with Crippen molar-refractivity contribution in [3.8, 4) is 0 Å². The maximum atomic E-state index is 11.7. The Labute approximate surface area is 84.8 Å². The van der Waals surface area contributed by atoms with Crippen molar-refractivity contribution >= 4 is 5.97 Å². The van der Waals surface area contributed by atoms with Gasteiger partial charge >= 0.3 is 5.97 Å². The minimum Gasteiger partial charge on any atom is -0.463 e. The van der Waals surface area contributed by atoms with Gasteiger partial charge in [0.15, 0.2) is 5.60 Å². The molecule has 0 amide bonds. The second kappa shape index (κ2) is 3.89. The number of rotatable bonds is 4. The van der Waals surface area contributed by atoms with Crippen LogP contribution in [-0.4, -0.2) is 24.3 Å². The van der Waals surface area contributed by atoms with Gasteiger partial charge < -0.3 is 9.47 Å². The molecule has 2 rings (SSSR count). The largest absolute Gasteiger partial charge is 0.463 e. The van der Waals surface area contributed by atoms with E-state index in [1.54, 1.807) is 0 Å². The number of hydrogen-bond acceptors (Lipinski definition) is 3. The summed E-state index contributed by atoms with van der Waals surface area (Å²) in [7, 11) is 0. The van der Waals surface area contributed by atoms with Crippen LogP contribution in [0.4, 0.5) is 0 Å². The summed E-state index contributed by atoms with van der Waals surface area (Å²) in [6.07, 6.45) is 6.36. The highest BCUT2D eigenvalue weighted by atomic mass is 16.7. The molecule has 0 aromatic carbocycles. The SMILES string of the molecule is CCCCOC(=O)[C@@]12CCCC[C@H]1O2. The second-order valence-corrected chi connectivity index (χ2v) is 4.23. The summed E-state index contributed by atoms with van der Waals surface area (Å²) in [5, 5.41) is 0. The highest BCUT2D eigenvalue weighted by Gasteiger charge is 2.64. The Bertz CT molecular complexity index is 227. The Balaban J connectivity index is 1.80. The Kier molecular flexibility index (Phi) is 2.77. The van der Waals surface area contributed by atoms with Crippen LogP contribution in [0.15, 0.2) is 0 Å². The van der Waals surface area contributed by atoms with Gasteiger partial charge in [0, 0.05) is 0 Å². The number of epoxide rings is 1. The molecule has 1 aliphatic carbocycles. The van der Waals surface area contributed by atoms with Crippen LogP contribution in [0.5, 0.6) is 0 Å². The summed E-state index contributed by atoms with van der Waals surface area (Å²) in [4.78, 5) is 11.7. The third-order valence-corrected chi connectivity index (χ3v) is 3.16. The van der Waals surface area contributed by atoms with E-state index in [2.05, 4.69) is 6.92 Å². The van der Waals surface area contributed by atoms with Gasteiger partial charge in [-0.25, -0.2) is 4.79 Å². The molecular weight excluding hydrogens is 180 g/mol. The molecule has 80 valence electrons. The lowest BCUT2D eigenvalue weighted by Gasteiger charge is -2.15. The Morgan fingerprint density at radius 3 is 3.14 bits per heavy atom. The van der Waals surface area contributed by atoms with E-state index in [-0.39, 0.29) is 12.1 Å². The number of esters is 1. The van der Waals surface area contributed by atoms with Crippen LogP contribution in [0.3, 0.4) is 0 Å². The van der Waals surface area contributed by atoms with Crippen LogP contribution in [0.25, 0.3) is 0 Å². The molecule has 0 bridgehead atoms. The van der Waals surface area contributed by atoms with Crippen molar-refractivity contribution in [3.05, 3.63) is 0 Å². The van der Waals surface area contributed by atoms with E-state index in [1.807, 2.05) is 0 Å². The molecule has 0 spiro atoms. The first kappa shape index (κ1) is 9.97. The van der Waals surface area contributed by atoms with Crippen molar-refractivity contribution in [2.45, 2.75) is 57.2 Å². The van der Waals surface area contributed by atoms with E-state index in [0.717, 1.165) is 32.1 Å². The first-order valence-corrected chi connectivity index (χ1v) is 5.64. The molecule has 14 heavy (non-hydrogen) atoms. The molecule has 0 aromatic rings. The van der Waals surface area contributed by atoms with Crippen LogP contribution in [-0.2, 0) is 14.3 Å². The fraction of sp³-hybridized carbons (Fsp3) is 0.909. The van der Waals surface area contributed by atoms with Crippen molar-refractivity contribution in [1.82, 2.24) is 0 Å². The predicted molar refractivity (Wildman–Crippen MR) is 51.9 cm³/mol. The van der Waals surface area contributed by atoms with E-state index < -0.39 is 5.60 Å². The van der Waals surface area contributed by atoms with Gasteiger partial charge in [0.05, 0.1) is 12.7 Å². The zero-order valence-electron chi connectivity index (χ0n) is 8.75. The van der Waals surface area contributed by atoms with Crippen molar-refractivity contribution < 1.29 is 14.3 Å². The Morgan fingerprint density at radius 2 is 2.43 bits per heavy atom. The molecule has 1 saturated heterocycles. The first-order valence-electron chi connectivity index (χ1n) is 5.64. The van der Waals surface area contributed by atoms with Crippen molar-refractivity contribution in [2.24, 2.45) is 0 Å². The Morgan fingerprint density at radius 1 is 1.57 bits per heavy atom.